The van der Waals surface area contributed by atoms with Crippen molar-refractivity contribution >= 4 is 5.82 Å². The maximum Gasteiger partial charge on any atom is 0.126 e. The summed E-state index contributed by atoms with van der Waals surface area (Å²) in [6.45, 7) is 3.93. The maximum atomic E-state index is 5.67. The van der Waals surface area contributed by atoms with Crippen molar-refractivity contribution in [2.75, 3.05) is 5.73 Å². The number of nitrogens with zero attached hydrogens (tertiary/aromatic N) is 2. The molecule has 0 aromatic carbocycles. The Morgan fingerprint density at radius 2 is 1.87 bits per heavy atom. The first kappa shape index (κ1) is 9.65. The Bertz CT molecular complexity index is 492. The van der Waals surface area contributed by atoms with Gasteiger partial charge in [0.2, 0.25) is 0 Å². The molecular formula is C12H13N3. The molecule has 76 valence electrons. The molecule has 0 radical (unpaired) electrons. The summed E-state index contributed by atoms with van der Waals surface area (Å²) in [5.74, 6) is 0.588. The molecule has 0 amide bonds. The van der Waals surface area contributed by atoms with Gasteiger partial charge in [-0.1, -0.05) is 0 Å². The lowest BCUT2D eigenvalue weighted by Crippen LogP contribution is -1.94. The second-order valence-corrected chi connectivity index (χ2v) is 3.61. The van der Waals surface area contributed by atoms with Gasteiger partial charge in [0.05, 0.1) is 0 Å². The number of nitrogen functional groups attached to an aromatic ring is 1. The Kier molecular flexibility index (Phi) is 2.37. The van der Waals surface area contributed by atoms with Crippen LogP contribution < -0.4 is 5.73 Å². The highest BCUT2D eigenvalue weighted by molar-refractivity contribution is 5.65. The molecule has 2 aromatic rings. The van der Waals surface area contributed by atoms with E-state index >= 15 is 0 Å². The third-order valence-electron chi connectivity index (χ3n) is 2.35. The lowest BCUT2D eigenvalue weighted by Gasteiger charge is -2.04. The van der Waals surface area contributed by atoms with E-state index in [4.69, 9.17) is 5.73 Å². The van der Waals surface area contributed by atoms with Gasteiger partial charge in [-0.25, -0.2) is 4.98 Å². The SMILES string of the molecule is Cc1cc(-c2cnc(N)c(C)c2)ccn1. The molecule has 0 fully saturated rings. The van der Waals surface area contributed by atoms with Crippen molar-refractivity contribution < 1.29 is 0 Å². The van der Waals surface area contributed by atoms with E-state index in [0.717, 1.165) is 22.4 Å². The van der Waals surface area contributed by atoms with Gasteiger partial charge in [0.25, 0.3) is 0 Å². The standard InChI is InChI=1S/C12H13N3/c1-8-5-11(7-15-12(8)13)10-3-4-14-9(2)6-10/h3-7H,1-2H3,(H2,13,15). The van der Waals surface area contributed by atoms with Crippen molar-refractivity contribution in [1.82, 2.24) is 9.97 Å². The largest absolute Gasteiger partial charge is 0.383 e. The monoisotopic (exact) mass is 199 g/mol. The average Bonchev–Trinajstić information content (AvgIpc) is 2.22. The molecule has 0 aliphatic heterocycles. The van der Waals surface area contributed by atoms with Crippen molar-refractivity contribution in [1.29, 1.82) is 0 Å². The molecule has 0 aliphatic rings. The van der Waals surface area contributed by atoms with Crippen LogP contribution in [0.1, 0.15) is 11.3 Å². The van der Waals surface area contributed by atoms with E-state index < -0.39 is 0 Å². The highest BCUT2D eigenvalue weighted by atomic mass is 14.8. The van der Waals surface area contributed by atoms with Gasteiger partial charge in [-0.15, -0.1) is 0 Å². The molecule has 2 N–H and O–H groups in total. The quantitative estimate of drug-likeness (QED) is 0.767. The first-order valence-electron chi connectivity index (χ1n) is 4.82. The number of hydrogen-bond acceptors (Lipinski definition) is 3. The molecule has 3 nitrogen and oxygen atoms in total. The van der Waals surface area contributed by atoms with Gasteiger partial charge in [0.1, 0.15) is 5.82 Å². The fourth-order valence-corrected chi connectivity index (χ4v) is 1.47. The zero-order valence-electron chi connectivity index (χ0n) is 8.86. The minimum Gasteiger partial charge on any atom is -0.383 e. The summed E-state index contributed by atoms with van der Waals surface area (Å²) in [6.07, 6.45) is 3.59. The average molecular weight is 199 g/mol. The van der Waals surface area contributed by atoms with Gasteiger partial charge in [-0.05, 0) is 43.2 Å². The summed E-state index contributed by atoms with van der Waals surface area (Å²) in [4.78, 5) is 8.30. The highest BCUT2D eigenvalue weighted by Gasteiger charge is 2.01. The fourth-order valence-electron chi connectivity index (χ4n) is 1.47. The van der Waals surface area contributed by atoms with Crippen LogP contribution in [0.4, 0.5) is 5.82 Å². The molecule has 0 saturated heterocycles. The number of nitrogens with two attached hydrogens (primary N) is 1. The molecule has 0 spiro atoms. The summed E-state index contributed by atoms with van der Waals surface area (Å²) >= 11 is 0. The van der Waals surface area contributed by atoms with Crippen molar-refractivity contribution in [3.8, 4) is 11.1 Å². The van der Waals surface area contributed by atoms with Crippen LogP contribution in [0.2, 0.25) is 0 Å². The van der Waals surface area contributed by atoms with Gasteiger partial charge >= 0.3 is 0 Å². The lowest BCUT2D eigenvalue weighted by molar-refractivity contribution is 1.20. The minimum absolute atomic E-state index is 0.588. The number of aromatic nitrogens is 2. The van der Waals surface area contributed by atoms with Crippen molar-refractivity contribution in [3.63, 3.8) is 0 Å². The molecule has 0 aliphatic carbocycles. The molecule has 0 bridgehead atoms. The third-order valence-corrected chi connectivity index (χ3v) is 2.35. The van der Waals surface area contributed by atoms with Crippen LogP contribution in [0, 0.1) is 13.8 Å². The Hall–Kier alpha value is -1.90. The predicted octanol–water partition coefficient (Wildman–Crippen LogP) is 2.34. The van der Waals surface area contributed by atoms with Crippen LogP contribution in [0.15, 0.2) is 30.6 Å². The topological polar surface area (TPSA) is 51.8 Å². The number of anilines is 1. The van der Waals surface area contributed by atoms with Crippen LogP contribution in [-0.4, -0.2) is 9.97 Å². The molecule has 0 unspecified atom stereocenters. The van der Waals surface area contributed by atoms with E-state index in [2.05, 4.69) is 9.97 Å². The van der Waals surface area contributed by atoms with E-state index in [-0.39, 0.29) is 0 Å². The van der Waals surface area contributed by atoms with E-state index in [9.17, 15) is 0 Å². The second kappa shape index (κ2) is 3.69. The number of aryl methyl sites for hydroxylation is 2. The fraction of sp³-hybridized carbons (Fsp3) is 0.167. The van der Waals surface area contributed by atoms with Gasteiger partial charge in [-0.3, -0.25) is 4.98 Å². The van der Waals surface area contributed by atoms with Gasteiger partial charge in [0, 0.05) is 23.7 Å². The van der Waals surface area contributed by atoms with Crippen LogP contribution in [-0.2, 0) is 0 Å². The Balaban J connectivity index is 2.50. The van der Waals surface area contributed by atoms with E-state index in [1.54, 1.807) is 12.4 Å². The Labute approximate surface area is 89.0 Å². The smallest absolute Gasteiger partial charge is 0.126 e. The summed E-state index contributed by atoms with van der Waals surface area (Å²) in [5, 5.41) is 0. The zero-order chi connectivity index (χ0) is 10.8. The molecule has 15 heavy (non-hydrogen) atoms. The van der Waals surface area contributed by atoms with Crippen molar-refractivity contribution in [3.05, 3.63) is 41.9 Å². The van der Waals surface area contributed by atoms with Crippen LogP contribution in [0.5, 0.6) is 0 Å². The molecule has 3 heteroatoms. The lowest BCUT2D eigenvalue weighted by atomic mass is 10.1. The van der Waals surface area contributed by atoms with Gasteiger partial charge in [0.15, 0.2) is 0 Å². The van der Waals surface area contributed by atoms with E-state index in [0.29, 0.717) is 5.82 Å². The summed E-state index contributed by atoms with van der Waals surface area (Å²) in [5.41, 5.74) is 9.88. The second-order valence-electron chi connectivity index (χ2n) is 3.61. The summed E-state index contributed by atoms with van der Waals surface area (Å²) < 4.78 is 0. The van der Waals surface area contributed by atoms with E-state index in [1.165, 1.54) is 0 Å². The van der Waals surface area contributed by atoms with Gasteiger partial charge in [-0.2, -0.15) is 0 Å². The number of hydrogen-bond donors (Lipinski definition) is 1. The Morgan fingerprint density at radius 1 is 1.07 bits per heavy atom. The molecule has 2 rings (SSSR count). The van der Waals surface area contributed by atoms with Crippen LogP contribution in [0.3, 0.4) is 0 Å². The first-order valence-corrected chi connectivity index (χ1v) is 4.82. The highest BCUT2D eigenvalue weighted by Crippen LogP contribution is 2.21. The van der Waals surface area contributed by atoms with Crippen molar-refractivity contribution in [2.45, 2.75) is 13.8 Å². The molecule has 2 aromatic heterocycles. The predicted molar refractivity (Wildman–Crippen MR) is 61.4 cm³/mol. The number of pyridine rings is 2. The van der Waals surface area contributed by atoms with Gasteiger partial charge < -0.3 is 5.73 Å². The summed E-state index contributed by atoms with van der Waals surface area (Å²) in [6, 6.07) is 6.05. The summed E-state index contributed by atoms with van der Waals surface area (Å²) in [7, 11) is 0. The van der Waals surface area contributed by atoms with Crippen LogP contribution >= 0.6 is 0 Å². The molecular weight excluding hydrogens is 186 g/mol. The third kappa shape index (κ3) is 1.96. The Morgan fingerprint density at radius 3 is 2.53 bits per heavy atom. The molecule has 0 atom stereocenters. The molecule has 0 saturated carbocycles. The minimum atomic E-state index is 0.588. The zero-order valence-corrected chi connectivity index (χ0v) is 8.86. The number of rotatable bonds is 1. The first-order chi connectivity index (χ1) is 7.16. The van der Waals surface area contributed by atoms with Crippen LogP contribution in [0.25, 0.3) is 11.1 Å². The maximum absolute atomic E-state index is 5.67. The van der Waals surface area contributed by atoms with E-state index in [1.807, 2.05) is 32.0 Å². The normalized spacial score (nSPS) is 10.3. The van der Waals surface area contributed by atoms with Crippen molar-refractivity contribution in [2.24, 2.45) is 0 Å². The molecule has 2 heterocycles.